The first-order valence-electron chi connectivity index (χ1n) is 11.6. The summed E-state index contributed by atoms with van der Waals surface area (Å²) in [6, 6.07) is 22.0. The van der Waals surface area contributed by atoms with Crippen LogP contribution in [0, 0.1) is 0 Å². The Morgan fingerprint density at radius 3 is 2.31 bits per heavy atom. The number of nitrogens with zero attached hydrogens (tertiary/aromatic N) is 1. The highest BCUT2D eigenvalue weighted by molar-refractivity contribution is 6.07. The van der Waals surface area contributed by atoms with Crippen LogP contribution in [0.2, 0.25) is 0 Å². The van der Waals surface area contributed by atoms with Gasteiger partial charge < -0.3 is 15.5 Å². The number of ketones is 1. The Hall–Kier alpha value is -3.81. The largest absolute Gasteiger partial charge is 0.478 e. The van der Waals surface area contributed by atoms with Crippen molar-refractivity contribution in [1.29, 1.82) is 0 Å². The van der Waals surface area contributed by atoms with E-state index in [9.17, 15) is 24.6 Å². The molecule has 0 aromatic heterocycles. The number of para-hydroxylation sites is 1. The van der Waals surface area contributed by atoms with E-state index in [0.717, 1.165) is 5.56 Å². The number of carbonyl (C=O) groups is 3. The Balaban J connectivity index is 1.74. The average molecular weight is 475 g/mol. The molecule has 0 saturated heterocycles. The van der Waals surface area contributed by atoms with E-state index in [1.807, 2.05) is 37.3 Å². The van der Waals surface area contributed by atoms with Crippen molar-refractivity contribution in [2.45, 2.75) is 38.8 Å². The van der Waals surface area contributed by atoms with Gasteiger partial charge >= 0.3 is 5.97 Å². The first-order valence-corrected chi connectivity index (χ1v) is 11.6. The van der Waals surface area contributed by atoms with Gasteiger partial charge in [0, 0.05) is 36.7 Å². The molecule has 0 bridgehead atoms. The van der Waals surface area contributed by atoms with Gasteiger partial charge in [-0.1, -0.05) is 61.5 Å². The molecule has 2 unspecified atom stereocenters. The number of rotatable bonds is 11. The molecule has 0 spiro atoms. The molecular formula is C28H30N2O5. The van der Waals surface area contributed by atoms with Crippen LogP contribution in [0.4, 0.5) is 11.4 Å². The summed E-state index contributed by atoms with van der Waals surface area (Å²) in [4.78, 5) is 38.8. The minimum Gasteiger partial charge on any atom is -0.478 e. The Kier molecular flexibility index (Phi) is 8.89. The third-order valence-corrected chi connectivity index (χ3v) is 5.79. The number of Topliss-reactive ketones (excluding diaryl/α,β-unsaturated/α-hetero) is 1. The van der Waals surface area contributed by atoms with Crippen LogP contribution >= 0.6 is 0 Å². The minimum absolute atomic E-state index is 0.00110. The number of aliphatic hydroxyl groups is 1. The standard InChI is InChI=1S/C28H30N2O5/c1-3-26(32)30(24-15-8-7-14-23(24)28(34)35)22-13-9-12-21(18-22)25(31)16-17-29-19(2)27(33)20-10-5-4-6-11-20/h4-15,18-19,27,29,33H,3,16-17H2,1-2H3,(H,34,35). The summed E-state index contributed by atoms with van der Waals surface area (Å²) >= 11 is 0. The molecule has 0 aliphatic rings. The molecule has 3 rings (SSSR count). The molecule has 0 saturated carbocycles. The second kappa shape index (κ2) is 12.1. The summed E-state index contributed by atoms with van der Waals surface area (Å²) in [5.41, 5.74) is 1.90. The molecule has 0 aliphatic heterocycles. The fourth-order valence-electron chi connectivity index (χ4n) is 3.85. The zero-order valence-corrected chi connectivity index (χ0v) is 19.8. The number of carboxylic acid groups (broad SMARTS) is 1. The van der Waals surface area contributed by atoms with E-state index in [1.54, 1.807) is 49.4 Å². The molecule has 3 N–H and O–H groups in total. The maximum Gasteiger partial charge on any atom is 0.337 e. The van der Waals surface area contributed by atoms with Crippen LogP contribution < -0.4 is 10.2 Å². The SMILES string of the molecule is CCC(=O)N(c1cccc(C(=O)CCNC(C)C(O)c2ccccc2)c1)c1ccccc1C(=O)O. The van der Waals surface area contributed by atoms with E-state index in [2.05, 4.69) is 5.32 Å². The van der Waals surface area contributed by atoms with Gasteiger partial charge in [-0.2, -0.15) is 0 Å². The number of benzene rings is 3. The van der Waals surface area contributed by atoms with E-state index in [-0.39, 0.29) is 41.8 Å². The van der Waals surface area contributed by atoms with Gasteiger partial charge in [-0.15, -0.1) is 0 Å². The lowest BCUT2D eigenvalue weighted by Gasteiger charge is -2.24. The molecule has 1 amide bonds. The monoisotopic (exact) mass is 474 g/mol. The Labute approximate surface area is 205 Å². The number of hydrogen-bond acceptors (Lipinski definition) is 5. The number of aromatic carboxylic acids is 1. The van der Waals surface area contributed by atoms with Gasteiger partial charge in [-0.3, -0.25) is 14.5 Å². The van der Waals surface area contributed by atoms with Crippen LogP contribution in [0.5, 0.6) is 0 Å². The molecule has 0 radical (unpaired) electrons. The van der Waals surface area contributed by atoms with E-state index in [4.69, 9.17) is 0 Å². The highest BCUT2D eigenvalue weighted by Crippen LogP contribution is 2.30. The molecule has 0 heterocycles. The predicted octanol–water partition coefficient (Wildman–Crippen LogP) is 4.74. The number of anilines is 2. The van der Waals surface area contributed by atoms with Crippen LogP contribution in [0.25, 0.3) is 0 Å². The van der Waals surface area contributed by atoms with Crippen LogP contribution in [0.15, 0.2) is 78.9 Å². The van der Waals surface area contributed by atoms with Crippen molar-refractivity contribution in [2.24, 2.45) is 0 Å². The molecule has 7 heteroatoms. The van der Waals surface area contributed by atoms with Crippen molar-refractivity contribution in [1.82, 2.24) is 5.32 Å². The van der Waals surface area contributed by atoms with Crippen LogP contribution in [-0.2, 0) is 4.79 Å². The van der Waals surface area contributed by atoms with E-state index >= 15 is 0 Å². The van der Waals surface area contributed by atoms with Crippen molar-refractivity contribution >= 4 is 29.0 Å². The molecule has 3 aromatic carbocycles. The Morgan fingerprint density at radius 1 is 0.943 bits per heavy atom. The fourth-order valence-corrected chi connectivity index (χ4v) is 3.85. The second-order valence-electron chi connectivity index (χ2n) is 8.23. The molecule has 7 nitrogen and oxygen atoms in total. The summed E-state index contributed by atoms with van der Waals surface area (Å²) in [5.74, 6) is -1.55. The number of nitrogens with one attached hydrogen (secondary N) is 1. The summed E-state index contributed by atoms with van der Waals surface area (Å²) < 4.78 is 0. The molecule has 2 atom stereocenters. The molecule has 0 fully saturated rings. The maximum absolute atomic E-state index is 12.9. The highest BCUT2D eigenvalue weighted by Gasteiger charge is 2.23. The van der Waals surface area contributed by atoms with Gasteiger partial charge in [0.25, 0.3) is 0 Å². The number of aliphatic hydroxyl groups excluding tert-OH is 1. The molecule has 182 valence electrons. The summed E-state index contributed by atoms with van der Waals surface area (Å²) in [7, 11) is 0. The highest BCUT2D eigenvalue weighted by atomic mass is 16.4. The lowest BCUT2D eigenvalue weighted by Crippen LogP contribution is -2.33. The van der Waals surface area contributed by atoms with E-state index in [1.165, 1.54) is 11.0 Å². The summed E-state index contributed by atoms with van der Waals surface area (Å²) in [5, 5.41) is 23.3. The fraction of sp³-hybridized carbons (Fsp3) is 0.250. The second-order valence-corrected chi connectivity index (χ2v) is 8.23. The average Bonchev–Trinajstić information content (AvgIpc) is 2.89. The van der Waals surface area contributed by atoms with Crippen LogP contribution in [0.1, 0.15) is 59.1 Å². The van der Waals surface area contributed by atoms with E-state index in [0.29, 0.717) is 17.8 Å². The first-order chi connectivity index (χ1) is 16.8. The van der Waals surface area contributed by atoms with Gasteiger partial charge in [-0.25, -0.2) is 4.79 Å². The quantitative estimate of drug-likeness (QED) is 0.347. The maximum atomic E-state index is 12.9. The van der Waals surface area contributed by atoms with Crippen molar-refractivity contribution in [3.05, 3.63) is 95.6 Å². The zero-order valence-electron chi connectivity index (χ0n) is 19.8. The molecule has 3 aromatic rings. The summed E-state index contributed by atoms with van der Waals surface area (Å²) in [6.07, 6.45) is -0.335. The normalized spacial score (nSPS) is 12.5. The third kappa shape index (κ3) is 6.41. The third-order valence-electron chi connectivity index (χ3n) is 5.79. The van der Waals surface area contributed by atoms with Gasteiger partial charge in [0.15, 0.2) is 5.78 Å². The summed E-state index contributed by atoms with van der Waals surface area (Å²) in [6.45, 7) is 3.93. The lowest BCUT2D eigenvalue weighted by molar-refractivity contribution is -0.117. The number of carboxylic acids is 1. The van der Waals surface area contributed by atoms with Crippen molar-refractivity contribution in [3.8, 4) is 0 Å². The minimum atomic E-state index is -1.14. The van der Waals surface area contributed by atoms with Crippen LogP contribution in [0.3, 0.4) is 0 Å². The topological polar surface area (TPSA) is 107 Å². The molecule has 35 heavy (non-hydrogen) atoms. The van der Waals surface area contributed by atoms with Crippen LogP contribution in [-0.4, -0.2) is 40.5 Å². The smallest absolute Gasteiger partial charge is 0.337 e. The first kappa shape index (κ1) is 25.8. The number of carbonyl (C=O) groups excluding carboxylic acids is 2. The van der Waals surface area contributed by atoms with Gasteiger partial charge in [0.2, 0.25) is 5.91 Å². The van der Waals surface area contributed by atoms with Crippen molar-refractivity contribution in [3.63, 3.8) is 0 Å². The van der Waals surface area contributed by atoms with Gasteiger partial charge in [0.1, 0.15) is 0 Å². The van der Waals surface area contributed by atoms with Gasteiger partial charge in [-0.05, 0) is 36.8 Å². The molecule has 0 aliphatic carbocycles. The van der Waals surface area contributed by atoms with Gasteiger partial charge in [0.05, 0.1) is 17.4 Å². The Bertz CT molecular complexity index is 1180. The van der Waals surface area contributed by atoms with Crippen molar-refractivity contribution < 1.29 is 24.6 Å². The number of amides is 1. The van der Waals surface area contributed by atoms with Crippen molar-refractivity contribution in [2.75, 3.05) is 11.4 Å². The zero-order chi connectivity index (χ0) is 25.4. The predicted molar refractivity (Wildman–Crippen MR) is 135 cm³/mol. The molecular weight excluding hydrogens is 444 g/mol. The van der Waals surface area contributed by atoms with E-state index < -0.39 is 12.1 Å². The lowest BCUT2D eigenvalue weighted by atomic mass is 10.0. The Morgan fingerprint density at radius 2 is 1.63 bits per heavy atom. The number of hydrogen-bond donors (Lipinski definition) is 3.